The lowest BCUT2D eigenvalue weighted by atomic mass is 9.80. The Morgan fingerprint density at radius 3 is 2.22 bits per heavy atom. The van der Waals surface area contributed by atoms with Gasteiger partial charge in [0.05, 0.1) is 36.0 Å². The molecule has 0 spiro atoms. The largest absolute Gasteiger partial charge is 0.481 e. The predicted molar refractivity (Wildman–Crippen MR) is 210 cm³/mol. The first kappa shape index (κ1) is 47.2. The number of aliphatic hydroxyl groups excluding tert-OH is 1. The van der Waals surface area contributed by atoms with Crippen molar-refractivity contribution in [3.63, 3.8) is 0 Å². The van der Waals surface area contributed by atoms with Crippen molar-refractivity contribution in [2.24, 2.45) is 16.9 Å². The van der Waals surface area contributed by atoms with Gasteiger partial charge in [-0.3, -0.25) is 24.0 Å². The van der Waals surface area contributed by atoms with Crippen molar-refractivity contribution in [1.29, 1.82) is 0 Å². The molecule has 19 heteroatoms. The molecule has 1 aromatic heterocycles. The lowest BCUT2D eigenvalue weighted by Crippen LogP contribution is -2.50. The maximum absolute atomic E-state index is 15.1. The molecule has 1 unspecified atom stereocenters. The van der Waals surface area contributed by atoms with Gasteiger partial charge in [-0.15, -0.1) is 11.8 Å². The Kier molecular flexibility index (Phi) is 18.4. The Bertz CT molecular complexity index is 1880. The average molecular weight is 833 g/mol. The molecule has 0 fully saturated rings. The molecule has 4 atom stereocenters. The van der Waals surface area contributed by atoms with Crippen molar-refractivity contribution in [2.45, 2.75) is 56.6 Å². The zero-order valence-corrected chi connectivity index (χ0v) is 33.0. The fourth-order valence-electron chi connectivity index (χ4n) is 5.94. The quantitative estimate of drug-likeness (QED) is 0.0473. The molecular weight excluding hydrogens is 783 g/mol. The zero-order valence-electron chi connectivity index (χ0n) is 32.1. The van der Waals surface area contributed by atoms with Crippen LogP contribution in [-0.2, 0) is 40.0 Å². The van der Waals surface area contributed by atoms with Crippen molar-refractivity contribution >= 4 is 47.7 Å². The van der Waals surface area contributed by atoms with Crippen LogP contribution in [0, 0.1) is 17.0 Å². The van der Waals surface area contributed by atoms with E-state index in [0.717, 1.165) is 40.4 Å². The molecule has 0 saturated carbocycles. The number of nitrogens with two attached hydrogens (primary N) is 2. The van der Waals surface area contributed by atoms with E-state index < -0.39 is 76.7 Å². The molecule has 2 aromatic carbocycles. The normalized spacial score (nSPS) is 13.5. The van der Waals surface area contributed by atoms with Crippen LogP contribution in [0.1, 0.15) is 44.0 Å². The number of carboxylic acids is 2. The van der Waals surface area contributed by atoms with Gasteiger partial charge in [-0.25, -0.2) is 8.78 Å². The van der Waals surface area contributed by atoms with Gasteiger partial charge in [0.15, 0.2) is 0 Å². The fraction of sp³-hybridized carbons (Fsp3) is 0.436. The zero-order chi connectivity index (χ0) is 43.0. The molecule has 0 aliphatic heterocycles. The molecule has 0 aliphatic rings. The molecule has 3 aromatic rings. The van der Waals surface area contributed by atoms with Crippen LogP contribution < -0.4 is 22.1 Å². The molecule has 9 N–H and O–H groups in total. The topological polar surface area (TPSA) is 257 Å². The standard InChI is InChI=1S/C39H50F2N6O10S/c1-39(2,38(55)56)34(31-18-25(27-19-26(40)8-9-28(27)41)21-46(31)20-24-6-4-3-5-7-24)47(33(50)22-49)14-10-29(42)35(51)44-12-16-57-17-13-45-36(52)32(11-15-48)58-23-30(43)37(53)54/h3-9,15,18-19,21,29-30,32,34,49H,10-14,16-17,20,22-23,42-43H2,1-2H3,(H,44,51)(H,45,52)(H,53,54)(H,55,56)/t29-,30-,32?,34-/m0/s1. The first-order valence-corrected chi connectivity index (χ1v) is 19.3. The van der Waals surface area contributed by atoms with Crippen LogP contribution in [0.2, 0.25) is 0 Å². The number of halogens is 2. The highest BCUT2D eigenvalue weighted by atomic mass is 32.2. The molecule has 16 nitrogen and oxygen atoms in total. The van der Waals surface area contributed by atoms with Gasteiger partial charge in [0, 0.05) is 61.4 Å². The van der Waals surface area contributed by atoms with Crippen LogP contribution in [0.15, 0.2) is 60.8 Å². The van der Waals surface area contributed by atoms with Crippen LogP contribution in [0.25, 0.3) is 11.1 Å². The second-order valence-corrected chi connectivity index (χ2v) is 15.1. The van der Waals surface area contributed by atoms with Crippen molar-refractivity contribution in [3.05, 3.63) is 83.7 Å². The Morgan fingerprint density at radius 1 is 0.966 bits per heavy atom. The Labute approximate surface area is 338 Å². The van der Waals surface area contributed by atoms with Crippen molar-refractivity contribution in [1.82, 2.24) is 20.1 Å². The summed E-state index contributed by atoms with van der Waals surface area (Å²) in [5.74, 6) is -6.01. The van der Waals surface area contributed by atoms with Crippen molar-refractivity contribution < 1.29 is 57.6 Å². The molecule has 0 saturated heterocycles. The molecule has 0 aliphatic carbocycles. The number of aldehydes is 1. The minimum atomic E-state index is -1.74. The molecule has 3 amide bonds. The van der Waals surface area contributed by atoms with Crippen LogP contribution in [0.4, 0.5) is 8.78 Å². The molecule has 0 radical (unpaired) electrons. The summed E-state index contributed by atoms with van der Waals surface area (Å²) in [6.07, 6.45) is 1.77. The molecular formula is C39H50F2N6O10S. The number of ether oxygens (including phenoxy) is 1. The average Bonchev–Trinajstić information content (AvgIpc) is 3.59. The minimum absolute atomic E-state index is 0.0115. The first-order valence-electron chi connectivity index (χ1n) is 18.3. The van der Waals surface area contributed by atoms with E-state index in [-0.39, 0.29) is 74.8 Å². The number of amides is 3. The number of hydrogen-bond donors (Lipinski definition) is 7. The summed E-state index contributed by atoms with van der Waals surface area (Å²) in [6, 6.07) is 9.76. The summed E-state index contributed by atoms with van der Waals surface area (Å²) in [6.45, 7) is 1.77. The highest BCUT2D eigenvalue weighted by Gasteiger charge is 2.45. The Morgan fingerprint density at radius 2 is 1.62 bits per heavy atom. The number of carbonyl (C=O) groups excluding carboxylic acids is 4. The van der Waals surface area contributed by atoms with E-state index in [1.807, 2.05) is 18.2 Å². The monoisotopic (exact) mass is 832 g/mol. The lowest BCUT2D eigenvalue weighted by molar-refractivity contribution is -0.155. The number of aliphatic carboxylic acids is 2. The summed E-state index contributed by atoms with van der Waals surface area (Å²) in [7, 11) is 0. The first-order chi connectivity index (χ1) is 27.5. The summed E-state index contributed by atoms with van der Waals surface area (Å²) in [5.41, 5.74) is 11.1. The third-order valence-corrected chi connectivity index (χ3v) is 10.5. The number of hydrogen-bond acceptors (Lipinski definition) is 11. The highest BCUT2D eigenvalue weighted by Crippen LogP contribution is 2.42. The van der Waals surface area contributed by atoms with E-state index in [1.54, 1.807) is 16.7 Å². The fourth-order valence-corrected chi connectivity index (χ4v) is 6.98. The van der Waals surface area contributed by atoms with E-state index >= 15 is 4.39 Å². The number of nitrogens with zero attached hydrogens (tertiary/aromatic N) is 2. The van der Waals surface area contributed by atoms with E-state index in [2.05, 4.69) is 10.6 Å². The van der Waals surface area contributed by atoms with Gasteiger partial charge in [-0.2, -0.15) is 0 Å². The van der Waals surface area contributed by atoms with E-state index in [9.17, 15) is 43.4 Å². The summed E-state index contributed by atoms with van der Waals surface area (Å²) in [4.78, 5) is 74.7. The number of aliphatic hydroxyl groups is 1. The van der Waals surface area contributed by atoms with Gasteiger partial charge in [0.25, 0.3) is 0 Å². The van der Waals surface area contributed by atoms with Gasteiger partial charge in [-0.05, 0) is 50.1 Å². The van der Waals surface area contributed by atoms with Gasteiger partial charge in [0.1, 0.15) is 30.6 Å². The van der Waals surface area contributed by atoms with Gasteiger partial charge in [0.2, 0.25) is 17.7 Å². The molecule has 1 heterocycles. The number of carbonyl (C=O) groups is 6. The number of rotatable bonds is 25. The van der Waals surface area contributed by atoms with Gasteiger partial charge < -0.3 is 56.4 Å². The summed E-state index contributed by atoms with van der Waals surface area (Å²) >= 11 is 0.947. The smallest absolute Gasteiger partial charge is 0.321 e. The van der Waals surface area contributed by atoms with E-state index in [0.29, 0.717) is 6.29 Å². The highest BCUT2D eigenvalue weighted by molar-refractivity contribution is 8.00. The second kappa shape index (κ2) is 22.7. The number of carboxylic acid groups (broad SMARTS) is 2. The minimum Gasteiger partial charge on any atom is -0.481 e. The van der Waals surface area contributed by atoms with Crippen LogP contribution in [0.5, 0.6) is 0 Å². The second-order valence-electron chi connectivity index (χ2n) is 13.8. The van der Waals surface area contributed by atoms with E-state index in [4.69, 9.17) is 21.3 Å². The number of thioether (sulfide) groups is 1. The van der Waals surface area contributed by atoms with Crippen molar-refractivity contribution in [3.8, 4) is 11.1 Å². The van der Waals surface area contributed by atoms with Gasteiger partial charge in [-0.1, -0.05) is 30.3 Å². The van der Waals surface area contributed by atoms with Gasteiger partial charge >= 0.3 is 11.9 Å². The maximum Gasteiger partial charge on any atom is 0.321 e. The third kappa shape index (κ3) is 13.4. The third-order valence-electron chi connectivity index (χ3n) is 9.15. The van der Waals surface area contributed by atoms with Crippen molar-refractivity contribution in [2.75, 3.05) is 45.2 Å². The number of benzene rings is 2. The Balaban J connectivity index is 1.71. The number of aromatic nitrogens is 1. The number of nitrogens with one attached hydrogen (secondary N) is 2. The predicted octanol–water partition coefficient (Wildman–Crippen LogP) is 1.52. The summed E-state index contributed by atoms with van der Waals surface area (Å²) in [5, 5.41) is 33.8. The van der Waals surface area contributed by atoms with Crippen LogP contribution in [0.3, 0.4) is 0 Å². The van der Waals surface area contributed by atoms with Crippen LogP contribution in [-0.4, -0.2) is 123 Å². The lowest BCUT2D eigenvalue weighted by Gasteiger charge is -2.40. The van der Waals surface area contributed by atoms with E-state index in [1.165, 1.54) is 26.1 Å². The summed E-state index contributed by atoms with van der Waals surface area (Å²) < 4.78 is 36.5. The SMILES string of the molecule is CC(C)(C(=O)O)[C@H](c1cc(-c2cc(F)ccc2F)cn1Cc1ccccc1)N(CC[C@H](N)C(=O)NCCOCCNC(=O)C(CC=O)SC[C@H](N)C(=O)O)C(=O)CO. The maximum atomic E-state index is 15.1. The molecule has 0 bridgehead atoms. The molecule has 58 heavy (non-hydrogen) atoms. The Hall–Kier alpha value is -5.21. The van der Waals surface area contributed by atoms with Crippen LogP contribution >= 0.6 is 11.8 Å². The molecule has 3 rings (SSSR count). The molecule has 316 valence electrons.